The Kier molecular flexibility index (Phi) is 4.58. The maximum atomic E-state index is 9.47. The van der Waals surface area contributed by atoms with Crippen molar-refractivity contribution in [3.8, 4) is 5.75 Å². The van der Waals surface area contributed by atoms with Crippen LogP contribution in [-0.4, -0.2) is 49.4 Å². The average molecular weight is 250 g/mol. The Morgan fingerprint density at radius 3 is 3.00 bits per heavy atom. The molecule has 4 heteroatoms. The van der Waals surface area contributed by atoms with E-state index in [0.29, 0.717) is 6.04 Å². The Bertz CT molecular complexity index is 384. The summed E-state index contributed by atoms with van der Waals surface area (Å²) in [6.07, 6.45) is 0.669. The lowest BCUT2D eigenvalue weighted by molar-refractivity contribution is 0.189. The largest absolute Gasteiger partial charge is 0.497 e. The van der Waals surface area contributed by atoms with E-state index < -0.39 is 0 Å². The van der Waals surface area contributed by atoms with Gasteiger partial charge < -0.3 is 20.1 Å². The SMILES string of the molecule is COc1cccc(CN(C)CC2CC(O)CN2)c1. The molecule has 1 aliphatic heterocycles. The summed E-state index contributed by atoms with van der Waals surface area (Å²) in [7, 11) is 3.79. The summed E-state index contributed by atoms with van der Waals surface area (Å²) < 4.78 is 5.22. The summed E-state index contributed by atoms with van der Waals surface area (Å²) in [6, 6.07) is 8.54. The van der Waals surface area contributed by atoms with Gasteiger partial charge in [-0.25, -0.2) is 0 Å². The van der Waals surface area contributed by atoms with Gasteiger partial charge in [0, 0.05) is 25.7 Å². The summed E-state index contributed by atoms with van der Waals surface area (Å²) in [5, 5.41) is 12.8. The lowest BCUT2D eigenvalue weighted by atomic mass is 10.1. The van der Waals surface area contributed by atoms with Gasteiger partial charge in [-0.2, -0.15) is 0 Å². The zero-order chi connectivity index (χ0) is 13.0. The third-order valence-corrected chi connectivity index (χ3v) is 3.32. The van der Waals surface area contributed by atoms with Crippen molar-refractivity contribution in [2.45, 2.75) is 25.1 Å². The molecule has 1 aromatic carbocycles. The molecule has 0 saturated carbocycles. The highest BCUT2D eigenvalue weighted by Crippen LogP contribution is 2.15. The van der Waals surface area contributed by atoms with E-state index in [4.69, 9.17) is 4.74 Å². The second-order valence-corrected chi connectivity index (χ2v) is 5.04. The van der Waals surface area contributed by atoms with Gasteiger partial charge in [-0.1, -0.05) is 12.1 Å². The minimum absolute atomic E-state index is 0.180. The van der Waals surface area contributed by atoms with Gasteiger partial charge in [0.1, 0.15) is 5.75 Å². The van der Waals surface area contributed by atoms with Crippen molar-refractivity contribution in [1.29, 1.82) is 0 Å². The van der Waals surface area contributed by atoms with E-state index in [9.17, 15) is 5.11 Å². The number of nitrogens with zero attached hydrogens (tertiary/aromatic N) is 1. The van der Waals surface area contributed by atoms with Crippen LogP contribution in [0.25, 0.3) is 0 Å². The molecule has 0 aliphatic carbocycles. The van der Waals surface area contributed by atoms with E-state index >= 15 is 0 Å². The first kappa shape index (κ1) is 13.3. The standard InChI is InChI=1S/C14H22N2O2/c1-16(10-12-7-13(17)8-15-12)9-11-4-3-5-14(6-11)18-2/h3-6,12-13,15,17H,7-10H2,1-2H3. The lowest BCUT2D eigenvalue weighted by Crippen LogP contribution is -2.34. The molecule has 100 valence electrons. The fourth-order valence-corrected chi connectivity index (χ4v) is 2.46. The summed E-state index contributed by atoms with van der Waals surface area (Å²) in [4.78, 5) is 2.27. The van der Waals surface area contributed by atoms with E-state index in [0.717, 1.165) is 31.8 Å². The quantitative estimate of drug-likeness (QED) is 0.813. The smallest absolute Gasteiger partial charge is 0.119 e. The number of hydrogen-bond acceptors (Lipinski definition) is 4. The Balaban J connectivity index is 1.84. The van der Waals surface area contributed by atoms with Crippen molar-refractivity contribution < 1.29 is 9.84 Å². The minimum atomic E-state index is -0.180. The molecule has 0 bridgehead atoms. The molecule has 0 spiro atoms. The number of aliphatic hydroxyl groups excluding tert-OH is 1. The minimum Gasteiger partial charge on any atom is -0.497 e. The number of ether oxygens (including phenoxy) is 1. The average Bonchev–Trinajstić information content (AvgIpc) is 2.74. The van der Waals surface area contributed by atoms with Gasteiger partial charge in [-0.05, 0) is 31.2 Å². The summed E-state index contributed by atoms with van der Waals surface area (Å²) in [5.74, 6) is 0.898. The van der Waals surface area contributed by atoms with Crippen molar-refractivity contribution in [2.75, 3.05) is 27.2 Å². The van der Waals surface area contributed by atoms with Crippen molar-refractivity contribution in [1.82, 2.24) is 10.2 Å². The van der Waals surface area contributed by atoms with Crippen LogP contribution in [0.3, 0.4) is 0 Å². The highest BCUT2D eigenvalue weighted by atomic mass is 16.5. The zero-order valence-corrected chi connectivity index (χ0v) is 11.1. The third-order valence-electron chi connectivity index (χ3n) is 3.32. The molecular formula is C14H22N2O2. The monoisotopic (exact) mass is 250 g/mol. The second kappa shape index (κ2) is 6.18. The van der Waals surface area contributed by atoms with E-state index in [2.05, 4.69) is 29.4 Å². The van der Waals surface area contributed by atoms with Crippen molar-refractivity contribution in [2.24, 2.45) is 0 Å². The van der Waals surface area contributed by atoms with Gasteiger partial charge in [0.2, 0.25) is 0 Å². The topological polar surface area (TPSA) is 44.7 Å². The molecule has 2 unspecified atom stereocenters. The molecule has 18 heavy (non-hydrogen) atoms. The Morgan fingerprint density at radius 1 is 1.50 bits per heavy atom. The van der Waals surface area contributed by atoms with E-state index in [-0.39, 0.29) is 6.10 Å². The number of β-amino-alcohol motifs (C(OH)–C–C–N with tert-alkyl or cyclic N) is 1. The Morgan fingerprint density at radius 2 is 2.33 bits per heavy atom. The number of methoxy groups -OCH3 is 1. The third kappa shape index (κ3) is 3.70. The molecule has 0 amide bonds. The first-order valence-corrected chi connectivity index (χ1v) is 6.40. The van der Waals surface area contributed by atoms with Gasteiger partial charge in [0.25, 0.3) is 0 Å². The fraction of sp³-hybridized carbons (Fsp3) is 0.571. The van der Waals surface area contributed by atoms with Gasteiger partial charge in [0.15, 0.2) is 0 Å². The molecule has 4 nitrogen and oxygen atoms in total. The first-order valence-electron chi connectivity index (χ1n) is 6.40. The van der Waals surface area contributed by atoms with Crippen LogP contribution in [0, 0.1) is 0 Å². The van der Waals surface area contributed by atoms with Crippen molar-refractivity contribution in [3.63, 3.8) is 0 Å². The summed E-state index contributed by atoms with van der Waals surface area (Å²) in [6.45, 7) is 2.57. The van der Waals surface area contributed by atoms with Gasteiger partial charge in [0.05, 0.1) is 13.2 Å². The number of likely N-dealkylation sites (N-methyl/N-ethyl adjacent to an activating group) is 1. The number of hydrogen-bond donors (Lipinski definition) is 2. The summed E-state index contributed by atoms with van der Waals surface area (Å²) >= 11 is 0. The van der Waals surface area contributed by atoms with Crippen LogP contribution in [0.2, 0.25) is 0 Å². The van der Waals surface area contributed by atoms with Crippen LogP contribution in [0.5, 0.6) is 5.75 Å². The molecule has 1 aliphatic rings. The van der Waals surface area contributed by atoms with Crippen molar-refractivity contribution >= 4 is 0 Å². The first-order chi connectivity index (χ1) is 8.67. The Hall–Kier alpha value is -1.10. The van der Waals surface area contributed by atoms with E-state index in [1.807, 2.05) is 12.1 Å². The number of benzene rings is 1. The predicted octanol–water partition coefficient (Wildman–Crippen LogP) is 0.850. The van der Waals surface area contributed by atoms with Crippen LogP contribution in [0.15, 0.2) is 24.3 Å². The van der Waals surface area contributed by atoms with Crippen LogP contribution in [0.4, 0.5) is 0 Å². The molecule has 0 radical (unpaired) electrons. The Labute approximate surface area is 109 Å². The van der Waals surface area contributed by atoms with Crippen LogP contribution >= 0.6 is 0 Å². The summed E-state index contributed by atoms with van der Waals surface area (Å²) in [5.41, 5.74) is 1.25. The van der Waals surface area contributed by atoms with Gasteiger partial charge >= 0.3 is 0 Å². The second-order valence-electron chi connectivity index (χ2n) is 5.04. The maximum Gasteiger partial charge on any atom is 0.119 e. The fourth-order valence-electron chi connectivity index (χ4n) is 2.46. The number of rotatable bonds is 5. The van der Waals surface area contributed by atoms with Crippen LogP contribution in [0.1, 0.15) is 12.0 Å². The molecule has 1 saturated heterocycles. The van der Waals surface area contributed by atoms with E-state index in [1.54, 1.807) is 7.11 Å². The molecular weight excluding hydrogens is 228 g/mol. The molecule has 1 aromatic rings. The zero-order valence-electron chi connectivity index (χ0n) is 11.1. The van der Waals surface area contributed by atoms with E-state index in [1.165, 1.54) is 5.56 Å². The number of aliphatic hydroxyl groups is 1. The van der Waals surface area contributed by atoms with Gasteiger partial charge in [-0.3, -0.25) is 0 Å². The van der Waals surface area contributed by atoms with Crippen LogP contribution in [-0.2, 0) is 6.54 Å². The number of nitrogens with one attached hydrogen (secondary N) is 1. The lowest BCUT2D eigenvalue weighted by Gasteiger charge is -2.21. The maximum absolute atomic E-state index is 9.47. The highest BCUT2D eigenvalue weighted by Gasteiger charge is 2.22. The normalized spacial score (nSPS) is 23.6. The predicted molar refractivity (Wildman–Crippen MR) is 71.7 cm³/mol. The molecule has 2 atom stereocenters. The van der Waals surface area contributed by atoms with Gasteiger partial charge in [-0.15, -0.1) is 0 Å². The molecule has 0 aromatic heterocycles. The molecule has 1 heterocycles. The molecule has 2 rings (SSSR count). The highest BCUT2D eigenvalue weighted by molar-refractivity contribution is 5.28. The molecule has 1 fully saturated rings. The van der Waals surface area contributed by atoms with Crippen molar-refractivity contribution in [3.05, 3.63) is 29.8 Å². The van der Waals surface area contributed by atoms with Crippen LogP contribution < -0.4 is 10.1 Å². The molecule has 2 N–H and O–H groups in total.